The Balaban J connectivity index is 3.71. The largest absolute Gasteiger partial charge is 0.501 e. The van der Waals surface area contributed by atoms with E-state index in [4.69, 9.17) is 15.6 Å². The van der Waals surface area contributed by atoms with Crippen LogP contribution in [0, 0.1) is 0 Å². The van der Waals surface area contributed by atoms with Crippen molar-refractivity contribution < 1.29 is 14.6 Å². The summed E-state index contributed by atoms with van der Waals surface area (Å²) >= 11 is 0. The van der Waals surface area contributed by atoms with Gasteiger partial charge >= 0.3 is 0 Å². The van der Waals surface area contributed by atoms with E-state index < -0.39 is 5.91 Å². The standard InChI is InChI=1S/C8H15NO3/c1-2-3-4-12-6-7(5-10)8(9)11/h6,10H,2-5H2,1H3,(H2,9,11). The lowest BCUT2D eigenvalue weighted by Gasteiger charge is -2.00. The van der Waals surface area contributed by atoms with E-state index >= 15 is 0 Å². The number of carbonyl (C=O) groups is 1. The smallest absolute Gasteiger partial charge is 0.250 e. The van der Waals surface area contributed by atoms with Crippen molar-refractivity contribution in [1.82, 2.24) is 0 Å². The molecule has 4 heteroatoms. The summed E-state index contributed by atoms with van der Waals surface area (Å²) < 4.78 is 4.97. The molecule has 0 aromatic carbocycles. The van der Waals surface area contributed by atoms with Crippen molar-refractivity contribution in [3.8, 4) is 0 Å². The minimum atomic E-state index is -0.644. The second-order valence-electron chi connectivity index (χ2n) is 2.39. The van der Waals surface area contributed by atoms with E-state index in [-0.39, 0.29) is 12.2 Å². The summed E-state index contributed by atoms with van der Waals surface area (Å²) in [6, 6.07) is 0. The highest BCUT2D eigenvalue weighted by atomic mass is 16.5. The lowest BCUT2D eigenvalue weighted by Crippen LogP contribution is -2.16. The van der Waals surface area contributed by atoms with Gasteiger partial charge in [-0.25, -0.2) is 0 Å². The van der Waals surface area contributed by atoms with E-state index in [1.54, 1.807) is 0 Å². The van der Waals surface area contributed by atoms with Crippen LogP contribution in [0.3, 0.4) is 0 Å². The molecule has 0 radical (unpaired) electrons. The monoisotopic (exact) mass is 173 g/mol. The number of aliphatic hydroxyl groups is 1. The van der Waals surface area contributed by atoms with Crippen LogP contribution in [0.4, 0.5) is 0 Å². The zero-order valence-electron chi connectivity index (χ0n) is 7.25. The van der Waals surface area contributed by atoms with E-state index in [9.17, 15) is 4.79 Å². The molecule has 0 unspecified atom stereocenters. The van der Waals surface area contributed by atoms with Crippen molar-refractivity contribution in [1.29, 1.82) is 0 Å². The third-order valence-electron chi connectivity index (χ3n) is 1.33. The van der Waals surface area contributed by atoms with E-state index in [1.807, 2.05) is 6.92 Å². The highest BCUT2D eigenvalue weighted by molar-refractivity contribution is 5.91. The molecule has 0 aliphatic rings. The lowest BCUT2D eigenvalue weighted by atomic mass is 10.3. The van der Waals surface area contributed by atoms with Crippen molar-refractivity contribution in [3.05, 3.63) is 11.8 Å². The van der Waals surface area contributed by atoms with Crippen molar-refractivity contribution in [2.75, 3.05) is 13.2 Å². The molecule has 12 heavy (non-hydrogen) atoms. The fourth-order valence-electron chi connectivity index (χ4n) is 0.560. The number of unbranched alkanes of at least 4 members (excludes halogenated alkanes) is 1. The third-order valence-corrected chi connectivity index (χ3v) is 1.33. The van der Waals surface area contributed by atoms with Crippen molar-refractivity contribution in [3.63, 3.8) is 0 Å². The number of hydrogen-bond acceptors (Lipinski definition) is 3. The molecular formula is C8H15NO3. The second-order valence-corrected chi connectivity index (χ2v) is 2.39. The van der Waals surface area contributed by atoms with Crippen LogP contribution in [0.1, 0.15) is 19.8 Å². The Labute approximate surface area is 72.0 Å². The van der Waals surface area contributed by atoms with Crippen LogP contribution >= 0.6 is 0 Å². The van der Waals surface area contributed by atoms with Crippen LogP contribution in [0.25, 0.3) is 0 Å². The number of primary amides is 1. The maximum absolute atomic E-state index is 10.5. The summed E-state index contributed by atoms with van der Waals surface area (Å²) in [4.78, 5) is 10.5. The number of aliphatic hydroxyl groups excluding tert-OH is 1. The average molecular weight is 173 g/mol. The quantitative estimate of drug-likeness (QED) is 0.341. The molecule has 70 valence electrons. The number of rotatable bonds is 6. The van der Waals surface area contributed by atoms with Gasteiger partial charge < -0.3 is 15.6 Å². The summed E-state index contributed by atoms with van der Waals surface area (Å²) in [7, 11) is 0. The molecule has 0 saturated carbocycles. The Hall–Kier alpha value is -1.03. The Kier molecular flexibility index (Phi) is 6.09. The predicted molar refractivity (Wildman–Crippen MR) is 45.2 cm³/mol. The normalized spacial score (nSPS) is 11.3. The van der Waals surface area contributed by atoms with E-state index in [2.05, 4.69) is 0 Å². The maximum Gasteiger partial charge on any atom is 0.250 e. The molecular weight excluding hydrogens is 158 g/mol. The van der Waals surface area contributed by atoms with Crippen LogP contribution in [0.15, 0.2) is 11.8 Å². The molecule has 3 N–H and O–H groups in total. The number of carbonyl (C=O) groups excluding carboxylic acids is 1. The molecule has 4 nitrogen and oxygen atoms in total. The molecule has 0 saturated heterocycles. The van der Waals surface area contributed by atoms with E-state index in [1.165, 1.54) is 6.26 Å². The van der Waals surface area contributed by atoms with Crippen LogP contribution < -0.4 is 5.73 Å². The van der Waals surface area contributed by atoms with Crippen molar-refractivity contribution >= 4 is 5.91 Å². The van der Waals surface area contributed by atoms with Gasteiger partial charge in [-0.05, 0) is 6.42 Å². The molecule has 0 aromatic rings. The predicted octanol–water partition coefficient (Wildman–Crippen LogP) is 0.165. The third kappa shape index (κ3) is 4.73. The van der Waals surface area contributed by atoms with Gasteiger partial charge in [0.15, 0.2) is 0 Å². The van der Waals surface area contributed by atoms with Gasteiger partial charge in [0.1, 0.15) is 0 Å². The first kappa shape index (κ1) is 11.0. The van der Waals surface area contributed by atoms with Crippen LogP contribution in [0.5, 0.6) is 0 Å². The minimum absolute atomic E-state index is 0.103. The van der Waals surface area contributed by atoms with Gasteiger partial charge in [0.25, 0.3) is 0 Å². The molecule has 0 fully saturated rings. The van der Waals surface area contributed by atoms with Gasteiger partial charge in [-0.2, -0.15) is 0 Å². The van der Waals surface area contributed by atoms with E-state index in [0.717, 1.165) is 12.8 Å². The lowest BCUT2D eigenvalue weighted by molar-refractivity contribution is -0.115. The van der Waals surface area contributed by atoms with Crippen LogP contribution in [0.2, 0.25) is 0 Å². The van der Waals surface area contributed by atoms with Crippen LogP contribution in [-0.2, 0) is 9.53 Å². The molecule has 0 rings (SSSR count). The van der Waals surface area contributed by atoms with Gasteiger partial charge in [0.05, 0.1) is 25.0 Å². The molecule has 0 atom stereocenters. The van der Waals surface area contributed by atoms with Crippen molar-refractivity contribution in [2.24, 2.45) is 5.73 Å². The fourth-order valence-corrected chi connectivity index (χ4v) is 0.560. The molecule has 0 aliphatic heterocycles. The Morgan fingerprint density at radius 3 is 2.75 bits per heavy atom. The molecule has 1 amide bonds. The first-order valence-corrected chi connectivity index (χ1v) is 3.93. The SMILES string of the molecule is CCCCOC=C(CO)C(N)=O. The summed E-state index contributed by atoms with van der Waals surface area (Å²) in [5.41, 5.74) is 5.02. The summed E-state index contributed by atoms with van der Waals surface area (Å²) in [6.07, 6.45) is 3.17. The highest BCUT2D eigenvalue weighted by Crippen LogP contribution is 1.94. The zero-order valence-corrected chi connectivity index (χ0v) is 7.25. The number of hydrogen-bond donors (Lipinski definition) is 2. The van der Waals surface area contributed by atoms with Gasteiger partial charge in [-0.15, -0.1) is 0 Å². The second kappa shape index (κ2) is 6.67. The van der Waals surface area contributed by atoms with Gasteiger partial charge in [-0.1, -0.05) is 13.3 Å². The average Bonchev–Trinajstić information content (AvgIpc) is 2.04. The molecule has 0 spiro atoms. The van der Waals surface area contributed by atoms with Gasteiger partial charge in [0, 0.05) is 0 Å². The maximum atomic E-state index is 10.5. The Morgan fingerprint density at radius 1 is 1.67 bits per heavy atom. The minimum Gasteiger partial charge on any atom is -0.501 e. The first-order valence-electron chi connectivity index (χ1n) is 3.93. The topological polar surface area (TPSA) is 72.6 Å². The van der Waals surface area contributed by atoms with Gasteiger partial charge in [0.2, 0.25) is 5.91 Å². The zero-order chi connectivity index (χ0) is 9.40. The Bertz CT molecular complexity index is 166. The summed E-state index contributed by atoms with van der Waals surface area (Å²) in [5.74, 6) is -0.644. The highest BCUT2D eigenvalue weighted by Gasteiger charge is 2.01. The van der Waals surface area contributed by atoms with Crippen molar-refractivity contribution in [2.45, 2.75) is 19.8 Å². The Morgan fingerprint density at radius 2 is 2.33 bits per heavy atom. The number of amides is 1. The number of ether oxygens (including phenoxy) is 1. The molecule has 0 heterocycles. The number of nitrogens with two attached hydrogens (primary N) is 1. The van der Waals surface area contributed by atoms with Crippen LogP contribution in [-0.4, -0.2) is 24.2 Å². The molecule has 0 aliphatic carbocycles. The summed E-state index contributed by atoms with van der Waals surface area (Å²) in [6.45, 7) is 2.21. The summed E-state index contributed by atoms with van der Waals surface area (Å²) in [5, 5.41) is 8.60. The van der Waals surface area contributed by atoms with E-state index in [0.29, 0.717) is 6.61 Å². The fraction of sp³-hybridized carbons (Fsp3) is 0.625. The molecule has 0 aromatic heterocycles. The molecule has 0 bridgehead atoms. The first-order chi connectivity index (χ1) is 5.72. The van der Waals surface area contributed by atoms with Gasteiger partial charge in [-0.3, -0.25) is 4.79 Å².